The summed E-state index contributed by atoms with van der Waals surface area (Å²) in [6, 6.07) is 6.30. The molecule has 0 saturated carbocycles. The highest BCUT2D eigenvalue weighted by Gasteiger charge is 2.11. The molecule has 4 heteroatoms. The number of hydrogen-bond donors (Lipinski definition) is 1. The molecule has 1 amide bonds. The summed E-state index contributed by atoms with van der Waals surface area (Å²) in [6.07, 6.45) is 22.7. The van der Waals surface area contributed by atoms with Gasteiger partial charge in [-0.2, -0.15) is 0 Å². The van der Waals surface area contributed by atoms with Crippen LogP contribution in [0.3, 0.4) is 0 Å². The summed E-state index contributed by atoms with van der Waals surface area (Å²) in [4.78, 5) is 11.6. The summed E-state index contributed by atoms with van der Waals surface area (Å²) in [5.41, 5.74) is 1.17. The standard InChI is InChI=1S/C26H37NO3/c1-3-22(2)27-26(28)17-15-13-11-9-7-5-4-6-8-10-12-14-16-23-18-19-24-25(20-23)30-21-29-24/h11,13-20,22H,3-10,12,21H2,1-2H3,(H,27,28). The fourth-order valence-electron chi connectivity index (χ4n) is 3.18. The molecule has 164 valence electrons. The van der Waals surface area contributed by atoms with E-state index in [1.807, 2.05) is 31.2 Å². The van der Waals surface area contributed by atoms with Crippen molar-refractivity contribution in [3.8, 4) is 11.5 Å². The Labute approximate surface area is 182 Å². The molecule has 2 rings (SSSR count). The Morgan fingerprint density at radius 2 is 1.70 bits per heavy atom. The van der Waals surface area contributed by atoms with Gasteiger partial charge in [0.1, 0.15) is 0 Å². The van der Waals surface area contributed by atoms with Gasteiger partial charge in [-0.05, 0) is 56.7 Å². The molecule has 0 spiro atoms. The van der Waals surface area contributed by atoms with Crippen LogP contribution in [0, 0.1) is 0 Å². The van der Waals surface area contributed by atoms with Gasteiger partial charge in [0.2, 0.25) is 12.7 Å². The normalized spacial score (nSPS) is 14.2. The molecule has 0 aromatic heterocycles. The molecule has 1 unspecified atom stereocenters. The summed E-state index contributed by atoms with van der Waals surface area (Å²) >= 11 is 0. The first-order valence-corrected chi connectivity index (χ1v) is 11.4. The first-order chi connectivity index (χ1) is 14.7. The summed E-state index contributed by atoms with van der Waals surface area (Å²) in [7, 11) is 0. The van der Waals surface area contributed by atoms with Crippen LogP contribution in [0.1, 0.15) is 77.2 Å². The summed E-state index contributed by atoms with van der Waals surface area (Å²) in [6.45, 7) is 4.40. The largest absolute Gasteiger partial charge is 0.454 e. The van der Waals surface area contributed by atoms with Gasteiger partial charge in [0, 0.05) is 12.1 Å². The zero-order valence-electron chi connectivity index (χ0n) is 18.6. The van der Waals surface area contributed by atoms with Crippen LogP contribution in [0.4, 0.5) is 0 Å². The molecule has 1 atom stereocenters. The molecule has 0 bridgehead atoms. The Morgan fingerprint density at radius 1 is 1.00 bits per heavy atom. The molecule has 1 aliphatic heterocycles. The molecule has 1 aromatic rings. The van der Waals surface area contributed by atoms with Crippen molar-refractivity contribution >= 4 is 12.0 Å². The quantitative estimate of drug-likeness (QED) is 0.214. The van der Waals surface area contributed by atoms with Crippen molar-refractivity contribution in [2.75, 3.05) is 6.79 Å². The summed E-state index contributed by atoms with van der Waals surface area (Å²) < 4.78 is 10.7. The second-order valence-electron chi connectivity index (χ2n) is 7.82. The number of benzene rings is 1. The van der Waals surface area contributed by atoms with Gasteiger partial charge in [-0.25, -0.2) is 0 Å². The fraction of sp³-hybridized carbons (Fsp3) is 0.500. The molecule has 0 saturated heterocycles. The molecular weight excluding hydrogens is 374 g/mol. The van der Waals surface area contributed by atoms with Crippen molar-refractivity contribution in [1.82, 2.24) is 5.32 Å². The lowest BCUT2D eigenvalue weighted by molar-refractivity contribution is -0.117. The lowest BCUT2D eigenvalue weighted by atomic mass is 10.1. The van der Waals surface area contributed by atoms with E-state index in [9.17, 15) is 4.79 Å². The highest BCUT2D eigenvalue weighted by molar-refractivity contribution is 5.87. The van der Waals surface area contributed by atoms with E-state index in [2.05, 4.69) is 36.5 Å². The Balaban J connectivity index is 1.42. The summed E-state index contributed by atoms with van der Waals surface area (Å²) in [5.74, 6) is 1.67. The van der Waals surface area contributed by atoms with Gasteiger partial charge < -0.3 is 14.8 Å². The molecule has 1 heterocycles. The van der Waals surface area contributed by atoms with Crippen LogP contribution < -0.4 is 14.8 Å². The van der Waals surface area contributed by atoms with E-state index in [0.717, 1.165) is 30.8 Å². The number of fused-ring (bicyclic) bond motifs is 1. The topological polar surface area (TPSA) is 47.6 Å². The molecule has 30 heavy (non-hydrogen) atoms. The monoisotopic (exact) mass is 411 g/mol. The van der Waals surface area contributed by atoms with E-state index >= 15 is 0 Å². The van der Waals surface area contributed by atoms with Crippen LogP contribution in [0.25, 0.3) is 6.08 Å². The maximum atomic E-state index is 11.6. The number of allylic oxidation sites excluding steroid dienone is 4. The molecule has 1 aliphatic rings. The van der Waals surface area contributed by atoms with E-state index in [-0.39, 0.29) is 11.9 Å². The third-order valence-corrected chi connectivity index (χ3v) is 5.19. The van der Waals surface area contributed by atoms with Crippen molar-refractivity contribution in [2.24, 2.45) is 0 Å². The Morgan fingerprint density at radius 3 is 2.47 bits per heavy atom. The Kier molecular flexibility index (Phi) is 11.5. The minimum absolute atomic E-state index is 0.0141. The molecule has 1 aromatic carbocycles. The average molecular weight is 412 g/mol. The van der Waals surface area contributed by atoms with Gasteiger partial charge in [-0.15, -0.1) is 0 Å². The molecule has 0 aliphatic carbocycles. The number of amides is 1. The average Bonchev–Trinajstić information content (AvgIpc) is 3.21. The number of nitrogens with one attached hydrogen (secondary N) is 1. The highest BCUT2D eigenvalue weighted by Crippen LogP contribution is 2.32. The van der Waals surface area contributed by atoms with Gasteiger partial charge >= 0.3 is 0 Å². The minimum Gasteiger partial charge on any atom is -0.454 e. The predicted molar refractivity (Wildman–Crippen MR) is 125 cm³/mol. The van der Waals surface area contributed by atoms with Crippen molar-refractivity contribution in [3.63, 3.8) is 0 Å². The molecule has 4 nitrogen and oxygen atoms in total. The van der Waals surface area contributed by atoms with Crippen LogP contribution in [0.15, 0.2) is 48.6 Å². The van der Waals surface area contributed by atoms with Crippen molar-refractivity contribution < 1.29 is 14.3 Å². The first-order valence-electron chi connectivity index (χ1n) is 11.4. The third-order valence-electron chi connectivity index (χ3n) is 5.19. The number of unbranched alkanes of at least 4 members (excludes halogenated alkanes) is 7. The van der Waals surface area contributed by atoms with Gasteiger partial charge in [-0.3, -0.25) is 4.79 Å². The maximum Gasteiger partial charge on any atom is 0.244 e. The van der Waals surface area contributed by atoms with E-state index in [4.69, 9.17) is 9.47 Å². The number of carbonyl (C=O) groups excluding carboxylic acids is 1. The van der Waals surface area contributed by atoms with Gasteiger partial charge in [-0.1, -0.05) is 69.1 Å². The smallest absolute Gasteiger partial charge is 0.244 e. The number of hydrogen-bond acceptors (Lipinski definition) is 3. The Hall–Kier alpha value is -2.49. The fourth-order valence-corrected chi connectivity index (χ4v) is 3.18. The molecule has 1 N–H and O–H groups in total. The number of ether oxygens (including phenoxy) is 2. The van der Waals surface area contributed by atoms with Crippen molar-refractivity contribution in [2.45, 2.75) is 77.7 Å². The lowest BCUT2D eigenvalue weighted by Gasteiger charge is -2.07. The van der Waals surface area contributed by atoms with Crippen LogP contribution in [0.2, 0.25) is 0 Å². The van der Waals surface area contributed by atoms with Crippen molar-refractivity contribution in [3.05, 3.63) is 54.1 Å². The molecule has 0 fully saturated rings. The van der Waals surface area contributed by atoms with Crippen LogP contribution in [-0.2, 0) is 4.79 Å². The van der Waals surface area contributed by atoms with Gasteiger partial charge in [0.25, 0.3) is 0 Å². The van der Waals surface area contributed by atoms with Crippen LogP contribution in [0.5, 0.6) is 11.5 Å². The van der Waals surface area contributed by atoms with E-state index in [1.54, 1.807) is 6.08 Å². The molecule has 0 radical (unpaired) electrons. The SMILES string of the molecule is CCC(C)NC(=O)C=CC=CCCCCCCCCC=Cc1ccc2c(c1)OCO2. The zero-order valence-corrected chi connectivity index (χ0v) is 18.6. The predicted octanol–water partition coefficient (Wildman–Crippen LogP) is 6.58. The number of carbonyl (C=O) groups is 1. The number of rotatable bonds is 14. The van der Waals surface area contributed by atoms with E-state index in [1.165, 1.54) is 44.1 Å². The van der Waals surface area contributed by atoms with Crippen LogP contribution in [-0.4, -0.2) is 18.7 Å². The Bertz CT molecular complexity index is 721. The highest BCUT2D eigenvalue weighted by atomic mass is 16.7. The maximum absolute atomic E-state index is 11.6. The third kappa shape index (κ3) is 9.82. The van der Waals surface area contributed by atoms with E-state index < -0.39 is 0 Å². The zero-order chi connectivity index (χ0) is 21.4. The van der Waals surface area contributed by atoms with Gasteiger partial charge in [0.15, 0.2) is 11.5 Å². The first kappa shape index (κ1) is 23.8. The lowest BCUT2D eigenvalue weighted by Crippen LogP contribution is -2.30. The summed E-state index contributed by atoms with van der Waals surface area (Å²) in [5, 5.41) is 2.92. The second-order valence-corrected chi connectivity index (χ2v) is 7.82. The van der Waals surface area contributed by atoms with Crippen molar-refractivity contribution in [1.29, 1.82) is 0 Å². The van der Waals surface area contributed by atoms with E-state index in [0.29, 0.717) is 6.79 Å². The van der Waals surface area contributed by atoms with Crippen LogP contribution >= 0.6 is 0 Å². The molecular formula is C26H37NO3. The second kappa shape index (κ2) is 14.5. The van der Waals surface area contributed by atoms with Gasteiger partial charge in [0.05, 0.1) is 0 Å². The minimum atomic E-state index is -0.0141.